The number of nitrogens with one attached hydrogen (secondary N) is 1. The molecule has 28 heavy (non-hydrogen) atoms. The van der Waals surface area contributed by atoms with E-state index in [0.29, 0.717) is 37.1 Å². The molecule has 1 aliphatic heterocycles. The Bertz CT molecular complexity index is 746. The molecule has 0 aromatic heterocycles. The van der Waals surface area contributed by atoms with Crippen molar-refractivity contribution in [2.45, 2.75) is 64.0 Å². The van der Waals surface area contributed by atoms with E-state index in [0.717, 1.165) is 37.7 Å². The Morgan fingerprint density at radius 3 is 2.79 bits per heavy atom. The van der Waals surface area contributed by atoms with E-state index < -0.39 is 0 Å². The molecule has 1 saturated heterocycles. The van der Waals surface area contributed by atoms with E-state index in [9.17, 15) is 14.4 Å². The molecule has 1 aliphatic carbocycles. The lowest BCUT2D eigenvalue weighted by Gasteiger charge is -2.24. The van der Waals surface area contributed by atoms with Gasteiger partial charge < -0.3 is 15.0 Å². The van der Waals surface area contributed by atoms with E-state index in [1.807, 2.05) is 17.9 Å². The number of carbonyl (C=O) groups is 3. The molecular formula is C22H30N2O4. The smallest absolute Gasteiger partial charge is 0.251 e. The molecule has 1 N–H and O–H groups in total. The predicted molar refractivity (Wildman–Crippen MR) is 106 cm³/mol. The summed E-state index contributed by atoms with van der Waals surface area (Å²) in [5.41, 5.74) is 2.22. The molecule has 1 heterocycles. The summed E-state index contributed by atoms with van der Waals surface area (Å²) in [7, 11) is 1.65. The Balaban J connectivity index is 1.66. The number of fused-ring (bicyclic) bond motifs is 1. The zero-order valence-electron chi connectivity index (χ0n) is 16.8. The van der Waals surface area contributed by atoms with E-state index >= 15 is 0 Å². The van der Waals surface area contributed by atoms with Crippen LogP contribution in [0, 0.1) is 0 Å². The summed E-state index contributed by atoms with van der Waals surface area (Å²) in [5, 5.41) is 2.95. The number of amides is 2. The standard InChI is InChI=1S/C22H30N2O4/c1-3-6-21(26)24-14-18(28-2)12-17(24)13-23-22(27)16-10-9-15-7-4-5-8-20(25)19(15)11-16/h9-11,17-18H,3-8,12-14H2,1-2H3,(H,23,27)/t17-,18-/m0/s1. The van der Waals surface area contributed by atoms with Crippen molar-refractivity contribution in [2.24, 2.45) is 0 Å². The van der Waals surface area contributed by atoms with Gasteiger partial charge in [0.2, 0.25) is 5.91 Å². The van der Waals surface area contributed by atoms with Gasteiger partial charge in [-0.15, -0.1) is 0 Å². The highest BCUT2D eigenvalue weighted by atomic mass is 16.5. The third-order valence-corrected chi connectivity index (χ3v) is 5.76. The number of rotatable bonds is 6. The fourth-order valence-electron chi connectivity index (χ4n) is 4.14. The summed E-state index contributed by atoms with van der Waals surface area (Å²) in [6.07, 6.45) is 5.38. The quantitative estimate of drug-likeness (QED) is 0.763. The molecule has 152 valence electrons. The molecule has 0 saturated carbocycles. The predicted octanol–water partition coefficient (Wildman–Crippen LogP) is 2.74. The molecule has 6 heteroatoms. The first kappa shape index (κ1) is 20.5. The van der Waals surface area contributed by atoms with E-state index in [2.05, 4.69) is 5.32 Å². The Hall–Kier alpha value is -2.21. The summed E-state index contributed by atoms with van der Waals surface area (Å²) < 4.78 is 5.43. The number of ether oxygens (including phenoxy) is 1. The highest BCUT2D eigenvalue weighted by Crippen LogP contribution is 2.23. The lowest BCUT2D eigenvalue weighted by Crippen LogP contribution is -2.43. The molecule has 0 unspecified atom stereocenters. The zero-order valence-corrected chi connectivity index (χ0v) is 16.8. The summed E-state index contributed by atoms with van der Waals surface area (Å²) in [6, 6.07) is 5.36. The van der Waals surface area contributed by atoms with Crippen molar-refractivity contribution >= 4 is 17.6 Å². The Kier molecular flexibility index (Phi) is 6.83. The van der Waals surface area contributed by atoms with Gasteiger partial charge in [-0.25, -0.2) is 0 Å². The van der Waals surface area contributed by atoms with Crippen LogP contribution in [0.2, 0.25) is 0 Å². The van der Waals surface area contributed by atoms with Crippen molar-refractivity contribution in [3.8, 4) is 0 Å². The summed E-state index contributed by atoms with van der Waals surface area (Å²) >= 11 is 0. The minimum Gasteiger partial charge on any atom is -0.380 e. The van der Waals surface area contributed by atoms with Crippen LogP contribution >= 0.6 is 0 Å². The molecule has 2 atom stereocenters. The molecule has 0 spiro atoms. The van der Waals surface area contributed by atoms with Gasteiger partial charge in [0, 0.05) is 44.2 Å². The van der Waals surface area contributed by atoms with Gasteiger partial charge in [0.1, 0.15) is 0 Å². The van der Waals surface area contributed by atoms with E-state index in [1.54, 1.807) is 19.2 Å². The van der Waals surface area contributed by atoms with Crippen LogP contribution in [0.5, 0.6) is 0 Å². The average molecular weight is 386 g/mol. The molecule has 1 fully saturated rings. The number of nitrogens with zero attached hydrogens (tertiary/aromatic N) is 1. The third kappa shape index (κ3) is 4.61. The highest BCUT2D eigenvalue weighted by Gasteiger charge is 2.35. The fraction of sp³-hybridized carbons (Fsp3) is 0.591. The lowest BCUT2D eigenvalue weighted by atomic mass is 9.99. The SMILES string of the molecule is CCCC(=O)N1C[C@@H](OC)C[C@H]1CNC(=O)c1ccc2c(c1)C(=O)CCCC2. The average Bonchev–Trinajstić information content (AvgIpc) is 3.03. The van der Waals surface area contributed by atoms with E-state index in [-0.39, 0.29) is 29.7 Å². The minimum atomic E-state index is -0.205. The van der Waals surface area contributed by atoms with Gasteiger partial charge in [-0.1, -0.05) is 13.0 Å². The summed E-state index contributed by atoms with van der Waals surface area (Å²) in [6.45, 7) is 2.95. The molecule has 2 amide bonds. The van der Waals surface area contributed by atoms with Crippen LogP contribution in [-0.2, 0) is 16.0 Å². The maximum atomic E-state index is 12.7. The van der Waals surface area contributed by atoms with Gasteiger partial charge >= 0.3 is 0 Å². The maximum Gasteiger partial charge on any atom is 0.251 e. The van der Waals surface area contributed by atoms with Crippen molar-refractivity contribution in [1.82, 2.24) is 10.2 Å². The van der Waals surface area contributed by atoms with Gasteiger partial charge in [-0.05, 0) is 49.8 Å². The van der Waals surface area contributed by atoms with Gasteiger partial charge in [-0.3, -0.25) is 14.4 Å². The van der Waals surface area contributed by atoms with Gasteiger partial charge in [-0.2, -0.15) is 0 Å². The van der Waals surface area contributed by atoms with Crippen molar-refractivity contribution in [3.63, 3.8) is 0 Å². The highest BCUT2D eigenvalue weighted by molar-refractivity contribution is 6.01. The van der Waals surface area contributed by atoms with Crippen LogP contribution in [0.15, 0.2) is 18.2 Å². The van der Waals surface area contributed by atoms with Crippen LogP contribution in [-0.4, -0.2) is 54.8 Å². The first-order chi connectivity index (χ1) is 13.5. The van der Waals surface area contributed by atoms with Crippen molar-refractivity contribution in [1.29, 1.82) is 0 Å². The topological polar surface area (TPSA) is 75.7 Å². The number of methoxy groups -OCH3 is 1. The molecule has 0 radical (unpaired) electrons. The molecule has 0 bridgehead atoms. The number of aryl methyl sites for hydroxylation is 1. The normalized spacial score (nSPS) is 21.9. The van der Waals surface area contributed by atoms with Crippen LogP contribution in [0.1, 0.15) is 71.7 Å². The summed E-state index contributed by atoms with van der Waals surface area (Å²) in [5.74, 6) is 0.0257. The number of hydrogen-bond donors (Lipinski definition) is 1. The third-order valence-electron chi connectivity index (χ3n) is 5.76. The van der Waals surface area contributed by atoms with Crippen molar-refractivity contribution in [3.05, 3.63) is 34.9 Å². The molecule has 1 aromatic carbocycles. The molecule has 3 rings (SSSR count). The number of benzene rings is 1. The van der Waals surface area contributed by atoms with Gasteiger partial charge in [0.15, 0.2) is 5.78 Å². The molecule has 2 aliphatic rings. The number of Topliss-reactive ketones (excluding diaryl/α,β-unsaturated/α-hetero) is 1. The first-order valence-corrected chi connectivity index (χ1v) is 10.3. The molecule has 6 nitrogen and oxygen atoms in total. The Labute approximate surface area is 166 Å². The first-order valence-electron chi connectivity index (χ1n) is 10.3. The van der Waals surface area contributed by atoms with E-state index in [4.69, 9.17) is 4.74 Å². The van der Waals surface area contributed by atoms with Crippen LogP contribution in [0.3, 0.4) is 0 Å². The second-order valence-electron chi connectivity index (χ2n) is 7.76. The molecule has 1 aromatic rings. The van der Waals surface area contributed by atoms with Crippen molar-refractivity contribution < 1.29 is 19.1 Å². The minimum absolute atomic E-state index is 0.00724. The molecular weight excluding hydrogens is 356 g/mol. The van der Waals surface area contributed by atoms with Gasteiger partial charge in [0.25, 0.3) is 5.91 Å². The number of ketones is 1. The summed E-state index contributed by atoms with van der Waals surface area (Å²) in [4.78, 5) is 39.2. The van der Waals surface area contributed by atoms with E-state index in [1.165, 1.54) is 0 Å². The van der Waals surface area contributed by atoms with Crippen LogP contribution in [0.25, 0.3) is 0 Å². The number of likely N-dealkylation sites (tertiary alicyclic amines) is 1. The Morgan fingerprint density at radius 2 is 2.04 bits per heavy atom. The second kappa shape index (κ2) is 9.32. The van der Waals surface area contributed by atoms with Crippen LogP contribution in [0.4, 0.5) is 0 Å². The maximum absolute atomic E-state index is 12.7. The largest absolute Gasteiger partial charge is 0.380 e. The second-order valence-corrected chi connectivity index (χ2v) is 7.76. The fourth-order valence-corrected chi connectivity index (χ4v) is 4.14. The zero-order chi connectivity index (χ0) is 20.1. The lowest BCUT2D eigenvalue weighted by molar-refractivity contribution is -0.132. The Morgan fingerprint density at radius 1 is 1.25 bits per heavy atom. The number of hydrogen-bond acceptors (Lipinski definition) is 4. The van der Waals surface area contributed by atoms with Crippen LogP contribution < -0.4 is 5.32 Å². The number of carbonyl (C=O) groups excluding carboxylic acids is 3. The van der Waals surface area contributed by atoms with Crippen molar-refractivity contribution in [2.75, 3.05) is 20.2 Å². The van der Waals surface area contributed by atoms with Gasteiger partial charge in [0.05, 0.1) is 12.1 Å². The monoisotopic (exact) mass is 386 g/mol.